The van der Waals surface area contributed by atoms with Crippen LogP contribution in [0.1, 0.15) is 55.4 Å². The van der Waals surface area contributed by atoms with Gasteiger partial charge in [0.25, 0.3) is 0 Å². The van der Waals surface area contributed by atoms with Crippen LogP contribution in [0.5, 0.6) is 5.75 Å². The molecular weight excluding hydrogens is 356 g/mol. The Labute approximate surface area is 175 Å². The van der Waals surface area contributed by atoms with Gasteiger partial charge >= 0.3 is 0 Å². The topological polar surface area (TPSA) is 24.5 Å². The first-order chi connectivity index (χ1) is 14.0. The summed E-state index contributed by atoms with van der Waals surface area (Å²) < 4.78 is 5.93. The van der Waals surface area contributed by atoms with Crippen molar-refractivity contribution in [1.29, 1.82) is 0 Å². The van der Waals surface area contributed by atoms with E-state index in [1.54, 1.807) is 0 Å². The van der Waals surface area contributed by atoms with Gasteiger partial charge in [-0.1, -0.05) is 44.2 Å². The maximum Gasteiger partial charge on any atom is 0.131 e. The van der Waals surface area contributed by atoms with E-state index in [9.17, 15) is 0 Å². The number of para-hydroxylation sites is 1. The van der Waals surface area contributed by atoms with Gasteiger partial charge in [0, 0.05) is 42.6 Å². The van der Waals surface area contributed by atoms with Crippen LogP contribution < -0.4 is 15.0 Å². The second-order valence-corrected chi connectivity index (χ2v) is 8.97. The average Bonchev–Trinajstić information content (AvgIpc) is 2.74. The van der Waals surface area contributed by atoms with Crippen LogP contribution in [0.4, 0.5) is 11.4 Å². The molecule has 0 saturated carbocycles. The summed E-state index contributed by atoms with van der Waals surface area (Å²) in [6, 6.07) is 11.0. The zero-order chi connectivity index (χ0) is 20.4. The summed E-state index contributed by atoms with van der Waals surface area (Å²) in [7, 11) is 3.82. The van der Waals surface area contributed by atoms with Crippen LogP contribution in [0.25, 0.3) is 6.08 Å². The molecule has 0 unspecified atom stereocenters. The SMILES string of the molecule is CNc1ccccc1C(C)(C)C/C=C/c1cc2c3c(c1OC)CCCN3CCC2. The van der Waals surface area contributed by atoms with Crippen LogP contribution >= 0.6 is 0 Å². The number of rotatable bonds is 6. The zero-order valence-electron chi connectivity index (χ0n) is 18.3. The number of hydrogen-bond acceptors (Lipinski definition) is 3. The fraction of sp³-hybridized carbons (Fsp3) is 0.462. The highest BCUT2D eigenvalue weighted by Gasteiger charge is 2.28. The van der Waals surface area contributed by atoms with Gasteiger partial charge in [-0.15, -0.1) is 0 Å². The first-order valence-electron chi connectivity index (χ1n) is 11.0. The lowest BCUT2D eigenvalue weighted by molar-refractivity contribution is 0.406. The predicted molar refractivity (Wildman–Crippen MR) is 125 cm³/mol. The van der Waals surface area contributed by atoms with Crippen molar-refractivity contribution in [3.8, 4) is 5.75 Å². The number of anilines is 2. The van der Waals surface area contributed by atoms with E-state index >= 15 is 0 Å². The van der Waals surface area contributed by atoms with Gasteiger partial charge in [0.15, 0.2) is 0 Å². The fourth-order valence-electron chi connectivity index (χ4n) is 5.10. The molecular formula is C26H34N2O. The zero-order valence-corrected chi connectivity index (χ0v) is 18.3. The molecule has 2 aromatic carbocycles. The molecule has 0 atom stereocenters. The number of ether oxygens (including phenoxy) is 1. The van der Waals surface area contributed by atoms with Crippen molar-refractivity contribution in [1.82, 2.24) is 0 Å². The van der Waals surface area contributed by atoms with Gasteiger partial charge in [-0.05, 0) is 60.8 Å². The minimum Gasteiger partial charge on any atom is -0.496 e. The highest BCUT2D eigenvalue weighted by molar-refractivity contribution is 5.74. The van der Waals surface area contributed by atoms with Crippen LogP contribution in [0.3, 0.4) is 0 Å². The highest BCUT2D eigenvalue weighted by atomic mass is 16.5. The van der Waals surface area contributed by atoms with Crippen LogP contribution in [0, 0.1) is 0 Å². The number of nitrogens with zero attached hydrogens (tertiary/aromatic N) is 1. The first-order valence-corrected chi connectivity index (χ1v) is 11.0. The van der Waals surface area contributed by atoms with Crippen LogP contribution in [0.15, 0.2) is 36.4 Å². The number of aryl methyl sites for hydroxylation is 1. The van der Waals surface area contributed by atoms with E-state index in [0.717, 1.165) is 18.6 Å². The van der Waals surface area contributed by atoms with Gasteiger partial charge in [0.05, 0.1) is 7.11 Å². The van der Waals surface area contributed by atoms with Crippen molar-refractivity contribution in [3.63, 3.8) is 0 Å². The van der Waals surface area contributed by atoms with Crippen molar-refractivity contribution in [2.75, 3.05) is 37.5 Å². The lowest BCUT2D eigenvalue weighted by atomic mass is 9.80. The van der Waals surface area contributed by atoms with Gasteiger partial charge < -0.3 is 15.0 Å². The summed E-state index contributed by atoms with van der Waals surface area (Å²) in [5.41, 5.74) is 8.27. The average molecular weight is 391 g/mol. The minimum atomic E-state index is 0.0581. The van der Waals surface area contributed by atoms with E-state index in [2.05, 4.69) is 66.5 Å². The summed E-state index contributed by atoms with van der Waals surface area (Å²) in [6.07, 6.45) is 10.4. The van der Waals surface area contributed by atoms with Crippen molar-refractivity contribution in [3.05, 3.63) is 58.7 Å². The smallest absolute Gasteiger partial charge is 0.131 e. The molecule has 2 aliphatic heterocycles. The molecule has 4 rings (SSSR count). The lowest BCUT2D eigenvalue weighted by Gasteiger charge is -2.38. The number of methoxy groups -OCH3 is 1. The Balaban J connectivity index is 1.63. The van der Waals surface area contributed by atoms with Gasteiger partial charge in [-0.25, -0.2) is 0 Å². The van der Waals surface area contributed by atoms with Gasteiger partial charge in [-0.2, -0.15) is 0 Å². The molecule has 3 nitrogen and oxygen atoms in total. The Kier molecular flexibility index (Phi) is 5.58. The molecule has 3 heteroatoms. The van der Waals surface area contributed by atoms with E-state index in [-0.39, 0.29) is 5.41 Å². The van der Waals surface area contributed by atoms with E-state index in [1.807, 2.05) is 14.2 Å². The normalized spacial score (nSPS) is 16.1. The Morgan fingerprint density at radius 1 is 1.14 bits per heavy atom. The van der Waals surface area contributed by atoms with Crippen LogP contribution in [-0.4, -0.2) is 27.2 Å². The quantitative estimate of drug-likeness (QED) is 0.673. The summed E-state index contributed by atoms with van der Waals surface area (Å²) >= 11 is 0. The number of allylic oxidation sites excluding steroid dienone is 1. The van der Waals surface area contributed by atoms with Crippen LogP contribution in [-0.2, 0) is 18.3 Å². The maximum absolute atomic E-state index is 5.93. The molecule has 0 fully saturated rings. The predicted octanol–water partition coefficient (Wildman–Crippen LogP) is 5.82. The fourth-order valence-corrected chi connectivity index (χ4v) is 5.10. The minimum absolute atomic E-state index is 0.0581. The summed E-state index contributed by atoms with van der Waals surface area (Å²) in [4.78, 5) is 2.57. The molecule has 0 aromatic heterocycles. The monoisotopic (exact) mass is 390 g/mol. The molecule has 0 bridgehead atoms. The van der Waals surface area contributed by atoms with Crippen molar-refractivity contribution < 1.29 is 4.74 Å². The molecule has 154 valence electrons. The maximum atomic E-state index is 5.93. The molecule has 1 N–H and O–H groups in total. The lowest BCUT2D eigenvalue weighted by Crippen LogP contribution is -2.34. The Morgan fingerprint density at radius 2 is 1.90 bits per heavy atom. The largest absolute Gasteiger partial charge is 0.496 e. The van der Waals surface area contributed by atoms with E-state index < -0.39 is 0 Å². The van der Waals surface area contributed by atoms with E-state index in [0.29, 0.717) is 0 Å². The third-order valence-electron chi connectivity index (χ3n) is 6.56. The van der Waals surface area contributed by atoms with Gasteiger partial charge in [0.1, 0.15) is 5.75 Å². The van der Waals surface area contributed by atoms with Crippen molar-refractivity contribution in [2.24, 2.45) is 0 Å². The molecule has 0 saturated heterocycles. The molecule has 0 radical (unpaired) electrons. The molecule has 0 spiro atoms. The number of benzene rings is 2. The third-order valence-corrected chi connectivity index (χ3v) is 6.56. The van der Waals surface area contributed by atoms with Crippen molar-refractivity contribution >= 4 is 17.5 Å². The molecule has 2 aromatic rings. The summed E-state index contributed by atoms with van der Waals surface area (Å²) in [6.45, 7) is 7.02. The van der Waals surface area contributed by atoms with E-state index in [4.69, 9.17) is 4.74 Å². The first kappa shape index (κ1) is 19.9. The molecule has 2 aliphatic rings. The third kappa shape index (κ3) is 3.75. The Bertz CT molecular complexity index is 911. The number of hydrogen-bond donors (Lipinski definition) is 1. The molecule has 29 heavy (non-hydrogen) atoms. The Hall–Kier alpha value is -2.42. The Morgan fingerprint density at radius 3 is 2.66 bits per heavy atom. The molecule has 0 aliphatic carbocycles. The van der Waals surface area contributed by atoms with Gasteiger partial charge in [0.2, 0.25) is 0 Å². The van der Waals surface area contributed by atoms with E-state index in [1.165, 1.54) is 66.0 Å². The number of nitrogens with one attached hydrogen (secondary N) is 1. The molecule has 2 heterocycles. The summed E-state index contributed by atoms with van der Waals surface area (Å²) in [5.74, 6) is 1.08. The second kappa shape index (κ2) is 8.14. The van der Waals surface area contributed by atoms with Crippen LogP contribution in [0.2, 0.25) is 0 Å². The molecule has 0 amide bonds. The van der Waals surface area contributed by atoms with Gasteiger partial charge in [-0.3, -0.25) is 0 Å². The highest BCUT2D eigenvalue weighted by Crippen LogP contribution is 2.43. The summed E-state index contributed by atoms with van der Waals surface area (Å²) in [5, 5.41) is 3.34. The second-order valence-electron chi connectivity index (χ2n) is 8.97. The van der Waals surface area contributed by atoms with Crippen molar-refractivity contribution in [2.45, 2.75) is 51.4 Å². The standard InChI is InChI=1S/C26H34N2O/c1-26(2,22-13-5-6-14-23(22)27-3)15-7-10-20-18-19-11-8-16-28-17-9-12-21(24(19)28)25(20)29-4/h5-7,10,13-14,18,27H,8-9,11-12,15-17H2,1-4H3/b10-7+.